The Hall–Kier alpha value is -1.70. The summed E-state index contributed by atoms with van der Waals surface area (Å²) in [7, 11) is 0. The van der Waals surface area contributed by atoms with Crippen LogP contribution in [0.3, 0.4) is 0 Å². The van der Waals surface area contributed by atoms with Crippen molar-refractivity contribution in [3.05, 3.63) is 46.0 Å². The second kappa shape index (κ2) is 8.47. The normalized spacial score (nSPS) is 10.3. The Morgan fingerprint density at radius 1 is 1.30 bits per heavy atom. The van der Waals surface area contributed by atoms with Crippen LogP contribution in [-0.2, 0) is 14.3 Å². The first-order chi connectivity index (χ1) is 8.95. The molecule has 1 aromatic rings. The molecular weight excluding hydrogens is 277 g/mol. The van der Waals surface area contributed by atoms with Gasteiger partial charge in [-0.2, -0.15) is 0 Å². The molecule has 0 heterocycles. The molecule has 1 aromatic carbocycles. The first-order valence-corrected chi connectivity index (χ1v) is 5.30. The summed E-state index contributed by atoms with van der Waals surface area (Å²) in [5.41, 5.74) is -0.100. The van der Waals surface area contributed by atoms with Crippen LogP contribution in [0.15, 0.2) is 30.3 Å². The van der Waals surface area contributed by atoms with Crippen LogP contribution in [0.2, 0.25) is 0 Å². The second-order valence-electron chi connectivity index (χ2n) is 3.40. The maximum Gasteiger partial charge on any atom is 1.00 e. The van der Waals surface area contributed by atoms with Gasteiger partial charge in [0, 0.05) is 12.1 Å². The van der Waals surface area contributed by atoms with Gasteiger partial charge < -0.3 is 9.84 Å². The van der Waals surface area contributed by atoms with Gasteiger partial charge in [0.2, 0.25) is 0 Å². The summed E-state index contributed by atoms with van der Waals surface area (Å²) >= 11 is 0. The number of esters is 1. The minimum Gasteiger partial charge on any atom is -0.872 e. The van der Waals surface area contributed by atoms with Crippen LogP contribution in [0.4, 0.5) is 5.69 Å². The summed E-state index contributed by atoms with van der Waals surface area (Å²) in [6, 6.07) is 4.68. The average molecular weight is 287 g/mol. The van der Waals surface area contributed by atoms with Crippen molar-refractivity contribution in [2.75, 3.05) is 6.61 Å². The molecule has 7 nitrogen and oxygen atoms in total. The fraction of sp³-hybridized carbons (Fsp3) is 0.167. The molecule has 0 N–H and O–H groups in total. The van der Waals surface area contributed by atoms with Gasteiger partial charge in [-0.3, -0.25) is 14.9 Å². The number of nitro groups is 1. The summed E-state index contributed by atoms with van der Waals surface area (Å²) in [6.07, 6.45) is 0.596. The number of non-ortho nitro benzene ring substituents is 1. The maximum absolute atomic E-state index is 11.6. The van der Waals surface area contributed by atoms with Crippen molar-refractivity contribution in [1.82, 2.24) is 0 Å². The number of ketones is 1. The Morgan fingerprint density at radius 2 is 1.85 bits per heavy atom. The third-order valence-electron chi connectivity index (χ3n) is 2.10. The maximum atomic E-state index is 11.6. The smallest absolute Gasteiger partial charge is 0.872 e. The van der Waals surface area contributed by atoms with Gasteiger partial charge in [0.25, 0.3) is 11.5 Å². The predicted octanol–water partition coefficient (Wildman–Crippen LogP) is -2.57. The summed E-state index contributed by atoms with van der Waals surface area (Å²) in [5, 5.41) is 22.0. The third-order valence-corrected chi connectivity index (χ3v) is 2.10. The van der Waals surface area contributed by atoms with Crippen molar-refractivity contribution in [1.29, 1.82) is 0 Å². The fourth-order valence-corrected chi connectivity index (χ4v) is 1.21. The molecule has 0 aromatic heterocycles. The molecule has 0 aliphatic rings. The van der Waals surface area contributed by atoms with Crippen LogP contribution in [0.1, 0.15) is 12.5 Å². The van der Waals surface area contributed by atoms with Gasteiger partial charge in [0.05, 0.1) is 11.5 Å². The molecule has 0 aliphatic carbocycles. The van der Waals surface area contributed by atoms with E-state index in [4.69, 9.17) is 0 Å². The number of ether oxygens (including phenoxy) is 1. The van der Waals surface area contributed by atoms with Crippen molar-refractivity contribution < 1.29 is 53.9 Å². The molecule has 20 heavy (non-hydrogen) atoms. The van der Waals surface area contributed by atoms with E-state index in [1.165, 1.54) is 19.1 Å². The van der Waals surface area contributed by atoms with Gasteiger partial charge in [0.1, 0.15) is 0 Å². The largest absolute Gasteiger partial charge is 1.00 e. The minimum absolute atomic E-state index is 0. The van der Waals surface area contributed by atoms with Crippen molar-refractivity contribution in [2.24, 2.45) is 0 Å². The van der Waals surface area contributed by atoms with Crippen molar-refractivity contribution in [3.8, 4) is 0 Å². The minimum atomic E-state index is -1.11. The number of carbonyl (C=O) groups is 2. The molecule has 0 saturated carbocycles. The predicted molar refractivity (Wildman–Crippen MR) is 62.7 cm³/mol. The van der Waals surface area contributed by atoms with E-state index in [2.05, 4.69) is 4.74 Å². The van der Waals surface area contributed by atoms with E-state index in [1.54, 1.807) is 0 Å². The van der Waals surface area contributed by atoms with E-state index < -0.39 is 22.4 Å². The van der Waals surface area contributed by atoms with E-state index in [9.17, 15) is 24.8 Å². The number of benzene rings is 1. The Balaban J connectivity index is 0.00000361. The Labute approximate surface area is 136 Å². The van der Waals surface area contributed by atoms with E-state index in [-0.39, 0.29) is 47.4 Å². The number of carbonyl (C=O) groups excluding carboxylic acids is 2. The molecule has 0 unspecified atom stereocenters. The second-order valence-corrected chi connectivity index (χ2v) is 3.40. The molecule has 100 valence electrons. The van der Waals surface area contributed by atoms with Crippen molar-refractivity contribution >= 4 is 23.2 Å². The first kappa shape index (κ1) is 18.3. The summed E-state index contributed by atoms with van der Waals surface area (Å²) in [6.45, 7) is 1.56. The average Bonchev–Trinajstić information content (AvgIpc) is 2.38. The van der Waals surface area contributed by atoms with Crippen LogP contribution in [-0.4, -0.2) is 23.3 Å². The SMILES string of the molecule is CCOC(=O)C(=O)/C=C(\[O-])c1ccc([N+](=O)[O-])cc1.[Na+]. The van der Waals surface area contributed by atoms with Crippen LogP contribution >= 0.6 is 0 Å². The third kappa shape index (κ3) is 5.12. The van der Waals surface area contributed by atoms with Gasteiger partial charge in [-0.15, -0.1) is 0 Å². The van der Waals surface area contributed by atoms with Crippen LogP contribution in [0.5, 0.6) is 0 Å². The molecule has 0 spiro atoms. The molecule has 0 saturated heterocycles. The molecule has 0 radical (unpaired) electrons. The summed E-state index contributed by atoms with van der Waals surface area (Å²) in [5.74, 6) is -2.89. The molecule has 8 heteroatoms. The molecule has 0 amide bonds. The van der Waals surface area contributed by atoms with Crippen LogP contribution in [0.25, 0.3) is 5.76 Å². The Bertz CT molecular complexity index is 537. The van der Waals surface area contributed by atoms with Crippen molar-refractivity contribution in [2.45, 2.75) is 6.92 Å². The molecule has 0 fully saturated rings. The van der Waals surface area contributed by atoms with Gasteiger partial charge in [-0.05, 0) is 30.7 Å². The van der Waals surface area contributed by atoms with Gasteiger partial charge >= 0.3 is 35.5 Å². The van der Waals surface area contributed by atoms with Crippen LogP contribution in [0, 0.1) is 10.1 Å². The number of rotatable bonds is 5. The van der Waals surface area contributed by atoms with Crippen LogP contribution < -0.4 is 34.7 Å². The van der Waals surface area contributed by atoms with Gasteiger partial charge in [-0.1, -0.05) is 5.76 Å². The number of nitrogens with zero attached hydrogens (tertiary/aromatic N) is 1. The molecular formula is C12H10NNaO6. The van der Waals surface area contributed by atoms with Crippen molar-refractivity contribution in [3.63, 3.8) is 0 Å². The zero-order valence-corrected chi connectivity index (χ0v) is 13.0. The Kier molecular flexibility index (Phi) is 7.75. The first-order valence-electron chi connectivity index (χ1n) is 5.30. The molecule has 0 aliphatic heterocycles. The summed E-state index contributed by atoms with van der Waals surface area (Å²) < 4.78 is 4.43. The van der Waals surface area contributed by atoms with E-state index in [1.807, 2.05) is 0 Å². The number of hydrogen-bond donors (Lipinski definition) is 0. The summed E-state index contributed by atoms with van der Waals surface area (Å²) in [4.78, 5) is 32.1. The number of nitro benzene ring substituents is 1. The zero-order valence-electron chi connectivity index (χ0n) is 11.0. The topological polar surface area (TPSA) is 110 Å². The fourth-order valence-electron chi connectivity index (χ4n) is 1.21. The van der Waals surface area contributed by atoms with E-state index >= 15 is 0 Å². The Morgan fingerprint density at radius 3 is 2.30 bits per heavy atom. The molecule has 0 atom stereocenters. The standard InChI is InChI=1S/C12H11NO6.Na/c1-2-19-12(16)11(15)7-10(14)8-3-5-9(6-4-8)13(17)18;/h3-7,14H,2H2,1H3;/q;+1/p-1/b10-7-;. The molecule has 1 rings (SSSR count). The number of hydrogen-bond acceptors (Lipinski definition) is 6. The quantitative estimate of drug-likeness (QED) is 0.112. The molecule has 0 bridgehead atoms. The zero-order chi connectivity index (χ0) is 14.4. The van der Waals surface area contributed by atoms with E-state index in [0.29, 0.717) is 6.08 Å². The van der Waals surface area contributed by atoms with Gasteiger partial charge in [-0.25, -0.2) is 4.79 Å². The van der Waals surface area contributed by atoms with Gasteiger partial charge in [0.15, 0.2) is 0 Å². The van der Waals surface area contributed by atoms with E-state index in [0.717, 1.165) is 12.1 Å². The monoisotopic (exact) mass is 287 g/mol.